The van der Waals surface area contributed by atoms with Gasteiger partial charge in [-0.3, -0.25) is 19.4 Å². The zero-order valence-corrected chi connectivity index (χ0v) is 17.4. The van der Waals surface area contributed by atoms with Crippen LogP contribution in [0.5, 0.6) is 0 Å². The van der Waals surface area contributed by atoms with Gasteiger partial charge in [-0.25, -0.2) is 4.39 Å². The SMILES string of the molecule is C[C@H]1CC[C@@](C)(c2cc(F)cc(Cl)c2)N(C(=O)C(=O)Nc2cncc(C(N)=O)c2)C1. The second kappa shape index (κ2) is 8.39. The van der Waals surface area contributed by atoms with Gasteiger partial charge in [0.15, 0.2) is 0 Å². The summed E-state index contributed by atoms with van der Waals surface area (Å²) in [5, 5.41) is 2.68. The van der Waals surface area contributed by atoms with Crippen molar-refractivity contribution in [1.82, 2.24) is 9.88 Å². The van der Waals surface area contributed by atoms with Crippen LogP contribution in [0.4, 0.5) is 10.1 Å². The number of likely N-dealkylation sites (tertiary alicyclic amines) is 1. The first kappa shape index (κ1) is 21.7. The Kier molecular flexibility index (Phi) is 6.07. The van der Waals surface area contributed by atoms with Crippen LogP contribution in [0.25, 0.3) is 0 Å². The molecular weight excluding hydrogens is 411 g/mol. The molecule has 1 fully saturated rings. The minimum atomic E-state index is -0.903. The Morgan fingerprint density at radius 3 is 2.67 bits per heavy atom. The van der Waals surface area contributed by atoms with Crippen molar-refractivity contribution >= 4 is 35.0 Å². The van der Waals surface area contributed by atoms with E-state index in [4.69, 9.17) is 17.3 Å². The van der Waals surface area contributed by atoms with Gasteiger partial charge in [0.1, 0.15) is 5.82 Å². The van der Waals surface area contributed by atoms with Crippen molar-refractivity contribution in [2.45, 2.75) is 32.2 Å². The third-order valence-corrected chi connectivity index (χ3v) is 5.64. The van der Waals surface area contributed by atoms with Crippen LogP contribution in [0.3, 0.4) is 0 Å². The van der Waals surface area contributed by atoms with Gasteiger partial charge in [-0.15, -0.1) is 0 Å². The number of piperidine rings is 1. The van der Waals surface area contributed by atoms with E-state index in [0.717, 1.165) is 6.42 Å². The van der Waals surface area contributed by atoms with Gasteiger partial charge in [0.25, 0.3) is 0 Å². The lowest BCUT2D eigenvalue weighted by Crippen LogP contribution is -2.55. The molecule has 0 unspecified atom stereocenters. The van der Waals surface area contributed by atoms with Crippen LogP contribution >= 0.6 is 11.6 Å². The van der Waals surface area contributed by atoms with Crippen LogP contribution < -0.4 is 11.1 Å². The number of aromatic nitrogens is 1. The van der Waals surface area contributed by atoms with E-state index in [1.54, 1.807) is 13.0 Å². The van der Waals surface area contributed by atoms with E-state index in [1.807, 2.05) is 6.92 Å². The van der Waals surface area contributed by atoms with Crippen molar-refractivity contribution in [3.8, 4) is 0 Å². The van der Waals surface area contributed by atoms with Crippen LogP contribution in [-0.4, -0.2) is 34.2 Å². The summed E-state index contributed by atoms with van der Waals surface area (Å²) in [6.45, 7) is 4.11. The van der Waals surface area contributed by atoms with Gasteiger partial charge in [0, 0.05) is 17.8 Å². The number of anilines is 1. The summed E-state index contributed by atoms with van der Waals surface area (Å²) in [5.74, 6) is -2.71. The van der Waals surface area contributed by atoms with Crippen LogP contribution in [0.1, 0.15) is 42.6 Å². The summed E-state index contributed by atoms with van der Waals surface area (Å²) in [5.41, 5.74) is 5.12. The number of nitrogens with one attached hydrogen (secondary N) is 1. The molecule has 0 aliphatic carbocycles. The van der Waals surface area contributed by atoms with Crippen molar-refractivity contribution in [3.63, 3.8) is 0 Å². The van der Waals surface area contributed by atoms with E-state index in [1.165, 1.54) is 35.5 Å². The third kappa shape index (κ3) is 4.43. The van der Waals surface area contributed by atoms with E-state index in [2.05, 4.69) is 10.3 Å². The monoisotopic (exact) mass is 432 g/mol. The molecule has 7 nitrogen and oxygen atoms in total. The number of amides is 3. The molecule has 1 aromatic carbocycles. The second-order valence-electron chi connectivity index (χ2n) is 7.77. The summed E-state index contributed by atoms with van der Waals surface area (Å²) >= 11 is 6.03. The number of rotatable bonds is 3. The molecular formula is C21H22ClFN4O3. The van der Waals surface area contributed by atoms with E-state index in [9.17, 15) is 18.8 Å². The van der Waals surface area contributed by atoms with Crippen LogP contribution in [0.15, 0.2) is 36.7 Å². The Morgan fingerprint density at radius 1 is 1.27 bits per heavy atom. The zero-order chi connectivity index (χ0) is 22.1. The first-order chi connectivity index (χ1) is 14.1. The Bertz CT molecular complexity index is 995. The van der Waals surface area contributed by atoms with Gasteiger partial charge in [0.2, 0.25) is 5.91 Å². The van der Waals surface area contributed by atoms with E-state index in [0.29, 0.717) is 18.5 Å². The van der Waals surface area contributed by atoms with Crippen molar-refractivity contribution in [2.24, 2.45) is 11.7 Å². The lowest BCUT2D eigenvalue weighted by Gasteiger charge is -2.47. The average Bonchev–Trinajstić information content (AvgIpc) is 2.68. The van der Waals surface area contributed by atoms with Crippen molar-refractivity contribution in [3.05, 3.63) is 58.6 Å². The number of nitrogens with zero attached hydrogens (tertiary/aromatic N) is 2. The summed E-state index contributed by atoms with van der Waals surface area (Å²) < 4.78 is 14.0. The van der Waals surface area contributed by atoms with Gasteiger partial charge in [0.05, 0.1) is 23.0 Å². The Balaban J connectivity index is 1.89. The Hall–Kier alpha value is -3.00. The molecule has 3 rings (SSSR count). The maximum absolute atomic E-state index is 14.0. The highest BCUT2D eigenvalue weighted by Gasteiger charge is 2.43. The van der Waals surface area contributed by atoms with Gasteiger partial charge in [-0.05, 0) is 55.5 Å². The molecule has 30 heavy (non-hydrogen) atoms. The van der Waals surface area contributed by atoms with Gasteiger partial charge in [-0.2, -0.15) is 0 Å². The number of hydrogen-bond acceptors (Lipinski definition) is 4. The molecule has 1 saturated heterocycles. The normalized spacial score (nSPS) is 21.2. The van der Waals surface area contributed by atoms with Crippen LogP contribution in [0, 0.1) is 11.7 Å². The summed E-state index contributed by atoms with van der Waals surface area (Å²) in [6.07, 6.45) is 3.92. The van der Waals surface area contributed by atoms with Crippen LogP contribution in [0.2, 0.25) is 5.02 Å². The molecule has 0 saturated carbocycles. The fourth-order valence-corrected chi connectivity index (χ4v) is 3.91. The summed E-state index contributed by atoms with van der Waals surface area (Å²) in [6, 6.07) is 5.47. The predicted molar refractivity (Wildman–Crippen MR) is 110 cm³/mol. The number of nitrogens with two attached hydrogens (primary N) is 1. The number of halogens is 2. The molecule has 1 aliphatic rings. The van der Waals surface area contributed by atoms with Gasteiger partial charge < -0.3 is 16.0 Å². The molecule has 9 heteroatoms. The average molecular weight is 433 g/mol. The maximum Gasteiger partial charge on any atom is 0.313 e. The molecule has 2 atom stereocenters. The van der Waals surface area contributed by atoms with Crippen LogP contribution in [-0.2, 0) is 15.1 Å². The van der Waals surface area contributed by atoms with E-state index in [-0.39, 0.29) is 22.2 Å². The molecule has 0 bridgehead atoms. The molecule has 0 spiro atoms. The molecule has 0 radical (unpaired) electrons. The smallest absolute Gasteiger partial charge is 0.313 e. The summed E-state index contributed by atoms with van der Waals surface area (Å²) in [7, 11) is 0. The number of benzene rings is 1. The number of carbonyl (C=O) groups excluding carboxylic acids is 3. The fourth-order valence-electron chi connectivity index (χ4n) is 3.69. The highest BCUT2D eigenvalue weighted by atomic mass is 35.5. The maximum atomic E-state index is 14.0. The number of primary amides is 1. The number of carbonyl (C=O) groups is 3. The van der Waals surface area contributed by atoms with Crippen molar-refractivity contribution in [1.29, 1.82) is 0 Å². The topological polar surface area (TPSA) is 105 Å². The Morgan fingerprint density at radius 2 is 2.00 bits per heavy atom. The first-order valence-electron chi connectivity index (χ1n) is 9.44. The first-order valence-corrected chi connectivity index (χ1v) is 9.82. The highest BCUT2D eigenvalue weighted by Crippen LogP contribution is 2.40. The highest BCUT2D eigenvalue weighted by molar-refractivity contribution is 6.39. The van der Waals surface area contributed by atoms with Crippen molar-refractivity contribution < 1.29 is 18.8 Å². The standard InChI is InChI=1S/C21H22ClFN4O3/c1-12-3-4-21(2,14-6-15(22)8-16(23)7-14)27(11-12)20(30)19(29)26-17-5-13(18(24)28)9-25-10-17/h5-10,12H,3-4,11H2,1-2H3,(H2,24,28)(H,26,29)/t12-,21-/m0/s1. The molecule has 2 aromatic rings. The van der Waals surface area contributed by atoms with Crippen molar-refractivity contribution in [2.75, 3.05) is 11.9 Å². The fraction of sp³-hybridized carbons (Fsp3) is 0.333. The molecule has 1 aliphatic heterocycles. The van der Waals surface area contributed by atoms with Gasteiger partial charge in [-0.1, -0.05) is 18.5 Å². The van der Waals surface area contributed by atoms with Gasteiger partial charge >= 0.3 is 11.8 Å². The molecule has 1 aromatic heterocycles. The zero-order valence-electron chi connectivity index (χ0n) is 16.6. The van der Waals surface area contributed by atoms with E-state index < -0.39 is 29.1 Å². The largest absolute Gasteiger partial charge is 0.366 e. The second-order valence-corrected chi connectivity index (χ2v) is 8.21. The predicted octanol–water partition coefficient (Wildman–Crippen LogP) is 3.09. The molecule has 3 amide bonds. The lowest BCUT2D eigenvalue weighted by atomic mass is 9.79. The summed E-state index contributed by atoms with van der Waals surface area (Å²) in [4.78, 5) is 42.4. The lowest BCUT2D eigenvalue weighted by molar-refractivity contribution is -0.150. The van der Waals surface area contributed by atoms with E-state index >= 15 is 0 Å². The minimum absolute atomic E-state index is 0.103. The molecule has 2 heterocycles. The third-order valence-electron chi connectivity index (χ3n) is 5.42. The molecule has 158 valence electrons. The minimum Gasteiger partial charge on any atom is -0.366 e. The number of pyridine rings is 1. The molecule has 3 N–H and O–H groups in total. The Labute approximate surface area is 178 Å². The quantitative estimate of drug-likeness (QED) is 0.727. The number of hydrogen-bond donors (Lipinski definition) is 2.